The summed E-state index contributed by atoms with van der Waals surface area (Å²) in [5.74, 6) is -0.901. The van der Waals surface area contributed by atoms with E-state index in [1.165, 1.54) is 31.6 Å². The number of primary amides is 1. The van der Waals surface area contributed by atoms with Gasteiger partial charge in [0.25, 0.3) is 5.91 Å². The van der Waals surface area contributed by atoms with E-state index in [9.17, 15) is 14.3 Å². The highest BCUT2D eigenvalue weighted by molar-refractivity contribution is 6.33. The van der Waals surface area contributed by atoms with Crippen LogP contribution in [0.1, 0.15) is 16.8 Å². The third-order valence-corrected chi connectivity index (χ3v) is 5.40. The third-order valence-electron chi connectivity index (χ3n) is 5.04. The number of hydrogen-bond donors (Lipinski definition) is 3. The molecule has 33 heavy (non-hydrogen) atoms. The normalized spacial score (nSPS) is 15.0. The fraction of sp³-hybridized carbons (Fsp3) is 0.217. The zero-order valence-corrected chi connectivity index (χ0v) is 18.7. The highest BCUT2D eigenvalue weighted by atomic mass is 35.5. The van der Waals surface area contributed by atoms with Gasteiger partial charge in [-0.2, -0.15) is 0 Å². The minimum Gasteiger partial charge on any atom is -0.496 e. The lowest BCUT2D eigenvalue weighted by Crippen LogP contribution is -2.21. The number of amides is 1. The first-order valence-electron chi connectivity index (χ1n) is 9.98. The van der Waals surface area contributed by atoms with Gasteiger partial charge < -0.3 is 30.9 Å². The maximum Gasteiger partial charge on any atom is 0.252 e. The molecular formula is C23H24ClFN4O4. The molecule has 0 aliphatic carbocycles. The first kappa shape index (κ1) is 24.1. The second-order valence-electron chi connectivity index (χ2n) is 7.18. The summed E-state index contributed by atoms with van der Waals surface area (Å²) < 4.78 is 26.0. The molecule has 0 bridgehead atoms. The Morgan fingerprint density at radius 2 is 2.06 bits per heavy atom. The summed E-state index contributed by atoms with van der Waals surface area (Å²) in [6.45, 7) is 4.12. The smallest absolute Gasteiger partial charge is 0.252 e. The molecule has 4 rings (SSSR count). The van der Waals surface area contributed by atoms with E-state index in [-0.39, 0.29) is 27.8 Å². The summed E-state index contributed by atoms with van der Waals surface area (Å²) in [5.41, 5.74) is 11.2. The predicted molar refractivity (Wildman–Crippen MR) is 126 cm³/mol. The van der Waals surface area contributed by atoms with E-state index in [1.807, 2.05) is 4.90 Å². The Hall–Kier alpha value is -3.56. The van der Waals surface area contributed by atoms with Crippen molar-refractivity contribution < 1.29 is 23.8 Å². The van der Waals surface area contributed by atoms with Crippen molar-refractivity contribution >= 4 is 34.1 Å². The van der Waals surface area contributed by atoms with Crippen LogP contribution in [0.15, 0.2) is 49.3 Å². The summed E-state index contributed by atoms with van der Waals surface area (Å²) in [6.07, 6.45) is 2.89. The fourth-order valence-electron chi connectivity index (χ4n) is 3.52. The van der Waals surface area contributed by atoms with Crippen LogP contribution in [-0.4, -0.2) is 42.3 Å². The standard InChI is InChI=1S/C21H19ClFN3O4.C2H5N/c1-29-18-9-14-12(8-13(18)21(24)28)16(4-6-25-14)30-17-3-2-15(19(22)20(17)23)26-7-5-11(27)10-26;1-2-3/h2-4,6,8-9,11,27H,5,7,10H2,1H3,(H2,24,28);2H,1,3H2/t11-;/m0./s1. The predicted octanol–water partition coefficient (Wildman–Crippen LogP) is 3.59. The van der Waals surface area contributed by atoms with Gasteiger partial charge in [-0.1, -0.05) is 18.2 Å². The van der Waals surface area contributed by atoms with Crippen LogP contribution in [-0.2, 0) is 0 Å². The van der Waals surface area contributed by atoms with E-state index in [2.05, 4.69) is 17.3 Å². The molecule has 1 amide bonds. The highest BCUT2D eigenvalue weighted by Crippen LogP contribution is 2.39. The number of β-amino-alcohol motifs (C(OH)–C–C–N with tert-alkyl or cyclic N) is 1. The summed E-state index contributed by atoms with van der Waals surface area (Å²) in [5, 5.41) is 10.1. The van der Waals surface area contributed by atoms with Gasteiger partial charge in [-0.3, -0.25) is 9.78 Å². The van der Waals surface area contributed by atoms with Gasteiger partial charge in [0.1, 0.15) is 16.5 Å². The largest absolute Gasteiger partial charge is 0.496 e. The molecule has 1 aliphatic heterocycles. The van der Waals surface area contributed by atoms with E-state index in [4.69, 9.17) is 26.8 Å². The molecule has 0 spiro atoms. The van der Waals surface area contributed by atoms with Crippen LogP contribution in [0.3, 0.4) is 0 Å². The van der Waals surface area contributed by atoms with Crippen LogP contribution in [0.5, 0.6) is 17.2 Å². The number of nitrogens with two attached hydrogens (primary N) is 2. The molecule has 2 aromatic carbocycles. The Kier molecular flexibility index (Phi) is 7.57. The molecule has 1 atom stereocenters. The summed E-state index contributed by atoms with van der Waals surface area (Å²) in [6, 6.07) is 7.75. The van der Waals surface area contributed by atoms with Gasteiger partial charge in [0.15, 0.2) is 11.6 Å². The number of ether oxygens (including phenoxy) is 2. The molecule has 10 heteroatoms. The van der Waals surface area contributed by atoms with Crippen molar-refractivity contribution in [2.45, 2.75) is 12.5 Å². The lowest BCUT2D eigenvalue weighted by molar-refractivity contribution is 0.0997. The van der Waals surface area contributed by atoms with Gasteiger partial charge in [-0.15, -0.1) is 0 Å². The monoisotopic (exact) mass is 474 g/mol. The number of carbonyl (C=O) groups is 1. The Bertz CT molecular complexity index is 1190. The van der Waals surface area contributed by atoms with Crippen LogP contribution in [0.2, 0.25) is 5.02 Å². The van der Waals surface area contributed by atoms with Gasteiger partial charge >= 0.3 is 0 Å². The number of methoxy groups -OCH3 is 1. The van der Waals surface area contributed by atoms with Crippen molar-refractivity contribution in [1.29, 1.82) is 0 Å². The minimum absolute atomic E-state index is 0.0764. The molecule has 174 valence electrons. The van der Waals surface area contributed by atoms with E-state index in [0.717, 1.165) is 0 Å². The number of nitrogens with zero attached hydrogens (tertiary/aromatic N) is 2. The molecule has 3 aromatic rings. The second kappa shape index (κ2) is 10.4. The van der Waals surface area contributed by atoms with Gasteiger partial charge in [0, 0.05) is 30.7 Å². The minimum atomic E-state index is -0.718. The number of benzene rings is 2. The quantitative estimate of drug-likeness (QED) is 0.516. The summed E-state index contributed by atoms with van der Waals surface area (Å²) in [7, 11) is 1.42. The van der Waals surface area contributed by atoms with Crippen LogP contribution in [0.4, 0.5) is 10.1 Å². The molecule has 1 fully saturated rings. The number of aliphatic hydroxyl groups is 1. The van der Waals surface area contributed by atoms with Crippen LogP contribution < -0.4 is 25.8 Å². The van der Waals surface area contributed by atoms with Crippen LogP contribution >= 0.6 is 11.6 Å². The number of aliphatic hydroxyl groups excluding tert-OH is 1. The van der Waals surface area contributed by atoms with Crippen molar-refractivity contribution in [2.24, 2.45) is 11.5 Å². The molecule has 2 heterocycles. The first-order chi connectivity index (χ1) is 15.8. The molecule has 5 N–H and O–H groups in total. The second-order valence-corrected chi connectivity index (χ2v) is 7.56. The van der Waals surface area contributed by atoms with Crippen molar-refractivity contribution in [3.63, 3.8) is 0 Å². The maximum absolute atomic E-state index is 15.0. The molecule has 0 radical (unpaired) electrons. The molecule has 1 aromatic heterocycles. The van der Waals surface area contributed by atoms with E-state index in [0.29, 0.717) is 36.1 Å². The number of halogens is 2. The van der Waals surface area contributed by atoms with Crippen LogP contribution in [0.25, 0.3) is 10.9 Å². The van der Waals surface area contributed by atoms with Gasteiger partial charge in [-0.25, -0.2) is 4.39 Å². The molecule has 1 saturated heterocycles. The van der Waals surface area contributed by atoms with Crippen LogP contribution in [0, 0.1) is 5.82 Å². The van der Waals surface area contributed by atoms with E-state index < -0.39 is 17.8 Å². The molecular weight excluding hydrogens is 451 g/mol. The number of pyridine rings is 1. The average molecular weight is 475 g/mol. The molecule has 0 unspecified atom stereocenters. The number of rotatable bonds is 5. The Morgan fingerprint density at radius 1 is 1.33 bits per heavy atom. The highest BCUT2D eigenvalue weighted by Gasteiger charge is 2.25. The number of fused-ring (bicyclic) bond motifs is 1. The van der Waals surface area contributed by atoms with Crippen molar-refractivity contribution in [2.75, 3.05) is 25.1 Å². The zero-order valence-electron chi connectivity index (χ0n) is 17.9. The zero-order chi connectivity index (χ0) is 24.1. The number of hydrogen-bond acceptors (Lipinski definition) is 7. The van der Waals surface area contributed by atoms with Gasteiger partial charge in [0.05, 0.1) is 30.0 Å². The SMILES string of the molecule is C=CN.COc1cc2nccc(Oc3ccc(N4CC[C@H](O)C4)c(Cl)c3F)c2cc1C(N)=O. The molecule has 1 aliphatic rings. The van der Waals surface area contributed by atoms with Crippen molar-refractivity contribution in [3.05, 3.63) is 65.7 Å². The maximum atomic E-state index is 15.0. The fourth-order valence-corrected chi connectivity index (χ4v) is 3.80. The summed E-state index contributed by atoms with van der Waals surface area (Å²) >= 11 is 6.25. The van der Waals surface area contributed by atoms with Gasteiger partial charge in [-0.05, 0) is 36.9 Å². The Morgan fingerprint density at radius 3 is 2.67 bits per heavy atom. The number of carbonyl (C=O) groups excluding carboxylic acids is 1. The topological polar surface area (TPSA) is 124 Å². The van der Waals surface area contributed by atoms with E-state index in [1.54, 1.807) is 18.2 Å². The summed E-state index contributed by atoms with van der Waals surface area (Å²) in [4.78, 5) is 17.8. The Labute approximate surface area is 195 Å². The first-order valence-corrected chi connectivity index (χ1v) is 10.4. The van der Waals surface area contributed by atoms with E-state index >= 15 is 0 Å². The van der Waals surface area contributed by atoms with Gasteiger partial charge in [0.2, 0.25) is 0 Å². The Balaban J connectivity index is 0.000000968. The average Bonchev–Trinajstić information content (AvgIpc) is 3.22. The number of anilines is 1. The van der Waals surface area contributed by atoms with Crippen molar-refractivity contribution in [3.8, 4) is 17.2 Å². The molecule has 8 nitrogen and oxygen atoms in total. The number of aromatic nitrogens is 1. The lowest BCUT2D eigenvalue weighted by atomic mass is 10.1. The lowest BCUT2D eigenvalue weighted by Gasteiger charge is -2.20. The van der Waals surface area contributed by atoms with Crippen molar-refractivity contribution in [1.82, 2.24) is 4.98 Å². The third kappa shape index (κ3) is 5.10. The molecule has 0 saturated carbocycles.